The SMILES string of the molecule is COc1cccc(-c2nc(C(=O)Nc3nc(C4CCNCC4)nn3C)c(C)[nH]2)c1.Cl. The maximum atomic E-state index is 12.8. The highest BCUT2D eigenvalue weighted by molar-refractivity contribution is 6.03. The van der Waals surface area contributed by atoms with Gasteiger partial charge in [-0.25, -0.2) is 9.67 Å². The normalized spacial score (nSPS) is 14.2. The van der Waals surface area contributed by atoms with Crippen molar-refractivity contribution in [2.75, 3.05) is 25.5 Å². The third-order valence-corrected chi connectivity index (χ3v) is 5.15. The number of rotatable bonds is 5. The molecule has 0 bridgehead atoms. The molecule has 1 aromatic carbocycles. The van der Waals surface area contributed by atoms with Crippen molar-refractivity contribution in [2.24, 2.45) is 7.05 Å². The van der Waals surface area contributed by atoms with Gasteiger partial charge >= 0.3 is 0 Å². The van der Waals surface area contributed by atoms with Crippen LogP contribution in [0.15, 0.2) is 24.3 Å². The summed E-state index contributed by atoms with van der Waals surface area (Å²) in [7, 11) is 3.40. The molecule has 160 valence electrons. The number of piperidine rings is 1. The molecule has 0 radical (unpaired) electrons. The molecule has 0 aliphatic carbocycles. The van der Waals surface area contributed by atoms with E-state index in [0.29, 0.717) is 29.1 Å². The Kier molecular flexibility index (Phi) is 6.73. The number of halogens is 1. The van der Waals surface area contributed by atoms with E-state index in [1.54, 1.807) is 18.8 Å². The van der Waals surface area contributed by atoms with Crippen LogP contribution in [0.1, 0.15) is 40.8 Å². The summed E-state index contributed by atoms with van der Waals surface area (Å²) in [6, 6.07) is 7.53. The van der Waals surface area contributed by atoms with Gasteiger partial charge in [-0.1, -0.05) is 12.1 Å². The molecule has 30 heavy (non-hydrogen) atoms. The second kappa shape index (κ2) is 9.27. The van der Waals surface area contributed by atoms with Crippen molar-refractivity contribution < 1.29 is 9.53 Å². The summed E-state index contributed by atoms with van der Waals surface area (Å²) in [5.41, 5.74) is 1.86. The maximum Gasteiger partial charge on any atom is 0.278 e. The first-order chi connectivity index (χ1) is 14.0. The number of carbonyl (C=O) groups is 1. The van der Waals surface area contributed by atoms with Crippen LogP contribution in [0.5, 0.6) is 5.75 Å². The third-order valence-electron chi connectivity index (χ3n) is 5.15. The lowest BCUT2D eigenvalue weighted by atomic mass is 9.98. The van der Waals surface area contributed by atoms with Gasteiger partial charge in [0.1, 0.15) is 17.3 Å². The fourth-order valence-electron chi connectivity index (χ4n) is 3.52. The Morgan fingerprint density at radius 1 is 1.27 bits per heavy atom. The third kappa shape index (κ3) is 4.47. The number of aromatic amines is 1. The minimum atomic E-state index is -0.319. The number of hydrogen-bond acceptors (Lipinski definition) is 6. The van der Waals surface area contributed by atoms with Gasteiger partial charge in [-0.05, 0) is 45.0 Å². The number of aromatic nitrogens is 5. The second-order valence-corrected chi connectivity index (χ2v) is 7.19. The molecule has 0 saturated carbocycles. The number of amides is 1. The van der Waals surface area contributed by atoms with Gasteiger partial charge in [0.2, 0.25) is 5.95 Å². The van der Waals surface area contributed by atoms with E-state index in [1.807, 2.05) is 31.2 Å². The predicted octanol–water partition coefficient (Wildman–Crippen LogP) is 2.66. The predicted molar refractivity (Wildman–Crippen MR) is 116 cm³/mol. The number of carbonyl (C=O) groups excluding carboxylic acids is 1. The molecule has 2 aromatic heterocycles. The average Bonchev–Trinajstić information content (AvgIpc) is 3.31. The first-order valence-corrected chi connectivity index (χ1v) is 9.69. The monoisotopic (exact) mass is 431 g/mol. The minimum absolute atomic E-state index is 0. The van der Waals surface area contributed by atoms with Crippen molar-refractivity contribution in [1.82, 2.24) is 30.0 Å². The van der Waals surface area contributed by atoms with Gasteiger partial charge < -0.3 is 15.0 Å². The molecule has 9 nitrogen and oxygen atoms in total. The van der Waals surface area contributed by atoms with Crippen LogP contribution in [-0.2, 0) is 7.05 Å². The first-order valence-electron chi connectivity index (χ1n) is 9.69. The molecule has 10 heteroatoms. The topological polar surface area (TPSA) is 110 Å². The number of anilines is 1. The van der Waals surface area contributed by atoms with E-state index in [2.05, 4.69) is 30.7 Å². The van der Waals surface area contributed by atoms with E-state index >= 15 is 0 Å². The number of ether oxygens (including phenoxy) is 1. The van der Waals surface area contributed by atoms with Crippen LogP contribution in [0.3, 0.4) is 0 Å². The number of imidazole rings is 1. The summed E-state index contributed by atoms with van der Waals surface area (Å²) in [6.45, 7) is 3.75. The fourth-order valence-corrected chi connectivity index (χ4v) is 3.52. The number of nitrogens with one attached hydrogen (secondary N) is 3. The molecule has 1 aliphatic heterocycles. The lowest BCUT2D eigenvalue weighted by Gasteiger charge is -2.19. The van der Waals surface area contributed by atoms with Crippen LogP contribution in [0.25, 0.3) is 11.4 Å². The van der Waals surface area contributed by atoms with Crippen molar-refractivity contribution >= 4 is 24.3 Å². The molecule has 3 aromatic rings. The van der Waals surface area contributed by atoms with Crippen LogP contribution in [0.4, 0.5) is 5.95 Å². The van der Waals surface area contributed by atoms with Crippen LogP contribution in [0.2, 0.25) is 0 Å². The van der Waals surface area contributed by atoms with Crippen LogP contribution in [-0.4, -0.2) is 50.8 Å². The molecule has 1 amide bonds. The van der Waals surface area contributed by atoms with Gasteiger partial charge in [0.15, 0.2) is 5.82 Å². The highest BCUT2D eigenvalue weighted by atomic mass is 35.5. The Balaban J connectivity index is 0.00000256. The number of benzene rings is 1. The van der Waals surface area contributed by atoms with Crippen molar-refractivity contribution in [1.29, 1.82) is 0 Å². The van der Waals surface area contributed by atoms with Crippen molar-refractivity contribution in [3.63, 3.8) is 0 Å². The zero-order valence-corrected chi connectivity index (χ0v) is 18.0. The Morgan fingerprint density at radius 2 is 2.03 bits per heavy atom. The van der Waals surface area contributed by atoms with Gasteiger partial charge in [0, 0.05) is 24.2 Å². The van der Waals surface area contributed by atoms with Crippen molar-refractivity contribution in [2.45, 2.75) is 25.7 Å². The molecular weight excluding hydrogens is 406 g/mol. The number of methoxy groups -OCH3 is 1. The van der Waals surface area contributed by atoms with Gasteiger partial charge in [-0.3, -0.25) is 10.1 Å². The summed E-state index contributed by atoms with van der Waals surface area (Å²) in [4.78, 5) is 25.0. The van der Waals surface area contributed by atoms with Gasteiger partial charge in [-0.2, -0.15) is 10.1 Å². The van der Waals surface area contributed by atoms with E-state index in [4.69, 9.17) is 4.74 Å². The fraction of sp³-hybridized carbons (Fsp3) is 0.400. The summed E-state index contributed by atoms with van der Waals surface area (Å²) in [5, 5.41) is 10.7. The summed E-state index contributed by atoms with van der Waals surface area (Å²) < 4.78 is 6.87. The zero-order chi connectivity index (χ0) is 20.4. The minimum Gasteiger partial charge on any atom is -0.497 e. The molecule has 0 spiro atoms. The lowest BCUT2D eigenvalue weighted by molar-refractivity contribution is 0.102. The molecule has 1 saturated heterocycles. The van der Waals surface area contributed by atoms with Crippen LogP contribution >= 0.6 is 12.4 Å². The average molecular weight is 432 g/mol. The highest BCUT2D eigenvalue weighted by Gasteiger charge is 2.23. The van der Waals surface area contributed by atoms with E-state index in [0.717, 1.165) is 43.1 Å². The summed E-state index contributed by atoms with van der Waals surface area (Å²) >= 11 is 0. The number of aryl methyl sites for hydroxylation is 2. The van der Waals surface area contributed by atoms with E-state index in [1.165, 1.54) is 0 Å². The Labute approximate surface area is 181 Å². The van der Waals surface area contributed by atoms with Gasteiger partial charge in [-0.15, -0.1) is 12.4 Å². The van der Waals surface area contributed by atoms with Crippen molar-refractivity contribution in [3.05, 3.63) is 41.5 Å². The van der Waals surface area contributed by atoms with Gasteiger partial charge in [0.25, 0.3) is 5.91 Å². The van der Waals surface area contributed by atoms with Crippen LogP contribution < -0.4 is 15.4 Å². The number of nitrogens with zero attached hydrogens (tertiary/aromatic N) is 4. The molecule has 3 N–H and O–H groups in total. The second-order valence-electron chi connectivity index (χ2n) is 7.19. The standard InChI is InChI=1S/C20H25N7O2.ClH/c1-12-16(23-17(22-12)14-5-4-6-15(11-14)29-3)19(28)25-20-24-18(26-27(20)2)13-7-9-21-10-8-13;/h4-6,11,13,21H,7-10H2,1-3H3,(H,22,23)(H,24,25,26,28);1H. The van der Waals surface area contributed by atoms with E-state index < -0.39 is 0 Å². The van der Waals surface area contributed by atoms with Crippen LogP contribution in [0, 0.1) is 6.92 Å². The van der Waals surface area contributed by atoms with E-state index in [-0.39, 0.29) is 18.3 Å². The van der Waals surface area contributed by atoms with Crippen molar-refractivity contribution in [3.8, 4) is 17.1 Å². The quantitative estimate of drug-likeness (QED) is 0.573. The molecule has 4 rings (SSSR count). The molecule has 3 heterocycles. The molecule has 0 atom stereocenters. The zero-order valence-electron chi connectivity index (χ0n) is 17.2. The number of H-pyrrole nitrogens is 1. The largest absolute Gasteiger partial charge is 0.497 e. The summed E-state index contributed by atoms with van der Waals surface area (Å²) in [5.74, 6) is 2.54. The molecule has 1 fully saturated rings. The number of hydrogen-bond donors (Lipinski definition) is 3. The molecule has 1 aliphatic rings. The Morgan fingerprint density at radius 3 is 2.77 bits per heavy atom. The lowest BCUT2D eigenvalue weighted by Crippen LogP contribution is -2.27. The van der Waals surface area contributed by atoms with Gasteiger partial charge in [0.05, 0.1) is 7.11 Å². The molecule has 0 unspecified atom stereocenters. The van der Waals surface area contributed by atoms with E-state index in [9.17, 15) is 4.79 Å². The first kappa shape index (κ1) is 21.8. The Bertz CT molecular complexity index is 1020. The Hall–Kier alpha value is -2.91. The maximum absolute atomic E-state index is 12.8. The smallest absolute Gasteiger partial charge is 0.278 e. The highest BCUT2D eigenvalue weighted by Crippen LogP contribution is 2.25. The molecular formula is C20H26ClN7O2. The summed E-state index contributed by atoms with van der Waals surface area (Å²) in [6.07, 6.45) is 2.00.